The predicted octanol–water partition coefficient (Wildman–Crippen LogP) is 3.47. The zero-order valence-corrected chi connectivity index (χ0v) is 13.8. The largest absolute Gasteiger partial charge is 0.346 e. The van der Waals surface area contributed by atoms with E-state index in [1.54, 1.807) is 6.07 Å². The molecule has 0 aliphatic carbocycles. The van der Waals surface area contributed by atoms with Gasteiger partial charge in [-0.2, -0.15) is 13.9 Å². The number of hydrogen-bond acceptors (Lipinski definition) is 3. The third-order valence-corrected chi connectivity index (χ3v) is 4.14. The zero-order valence-electron chi connectivity index (χ0n) is 9.45. The first kappa shape index (κ1) is 13.9. The van der Waals surface area contributed by atoms with E-state index in [9.17, 15) is 8.78 Å². The summed E-state index contributed by atoms with van der Waals surface area (Å²) in [5, 5.41) is 3.96. The number of aromatic nitrogens is 2. The Balaban J connectivity index is 2.18. The van der Waals surface area contributed by atoms with E-state index in [0.717, 1.165) is 31.9 Å². The smallest absolute Gasteiger partial charge is 0.339 e. The van der Waals surface area contributed by atoms with Crippen LogP contribution in [0.2, 0.25) is 0 Å². The van der Waals surface area contributed by atoms with Gasteiger partial charge in [-0.25, -0.2) is 4.52 Å². The molecule has 4 nitrogen and oxygen atoms in total. The molecule has 2 aromatic heterocycles. The molecule has 8 heteroatoms. The maximum Gasteiger partial charge on any atom is 0.339 e. The van der Waals surface area contributed by atoms with Gasteiger partial charge < -0.3 is 9.47 Å². The maximum absolute atomic E-state index is 13.4. The standard InChI is InChI=1S/C11H8F2I2N2O2/c12-11(13,15)8-5-7-6(10-18-3-4-19-10)1-2-9(14)17(7)16-8/h1-2,5,10H,3-4H2. The highest BCUT2D eigenvalue weighted by Crippen LogP contribution is 2.36. The van der Waals surface area contributed by atoms with Gasteiger partial charge in [0.15, 0.2) is 6.29 Å². The van der Waals surface area contributed by atoms with Crippen LogP contribution in [0.4, 0.5) is 8.78 Å². The van der Waals surface area contributed by atoms with Crippen molar-refractivity contribution in [3.05, 3.63) is 33.2 Å². The van der Waals surface area contributed by atoms with Crippen molar-refractivity contribution in [2.45, 2.75) is 10.2 Å². The molecule has 102 valence electrons. The Morgan fingerprint density at radius 1 is 1.32 bits per heavy atom. The molecule has 0 atom stereocenters. The Kier molecular flexibility index (Phi) is 3.69. The van der Waals surface area contributed by atoms with E-state index in [0.29, 0.717) is 18.7 Å². The minimum Gasteiger partial charge on any atom is -0.346 e. The van der Waals surface area contributed by atoms with Crippen LogP contribution in [-0.4, -0.2) is 22.8 Å². The Morgan fingerprint density at radius 2 is 2.00 bits per heavy atom. The van der Waals surface area contributed by atoms with Crippen molar-refractivity contribution in [3.8, 4) is 0 Å². The van der Waals surface area contributed by atoms with E-state index in [2.05, 4.69) is 27.7 Å². The molecule has 19 heavy (non-hydrogen) atoms. The van der Waals surface area contributed by atoms with Crippen LogP contribution >= 0.6 is 45.2 Å². The van der Waals surface area contributed by atoms with E-state index in [1.807, 2.05) is 6.07 Å². The molecule has 0 N–H and O–H groups in total. The fraction of sp³-hybridized carbons (Fsp3) is 0.364. The van der Waals surface area contributed by atoms with Gasteiger partial charge in [-0.05, 0) is 40.8 Å². The molecule has 0 spiro atoms. The van der Waals surface area contributed by atoms with Gasteiger partial charge in [-0.1, -0.05) is 0 Å². The van der Waals surface area contributed by atoms with Crippen molar-refractivity contribution in [2.24, 2.45) is 0 Å². The van der Waals surface area contributed by atoms with Crippen molar-refractivity contribution >= 4 is 50.7 Å². The van der Waals surface area contributed by atoms with Crippen molar-refractivity contribution in [2.75, 3.05) is 13.2 Å². The molecular weight excluding hydrogens is 484 g/mol. The summed E-state index contributed by atoms with van der Waals surface area (Å²) in [5.41, 5.74) is 1.04. The minimum absolute atomic E-state index is 0.267. The monoisotopic (exact) mass is 492 g/mol. The van der Waals surface area contributed by atoms with Crippen LogP contribution in [0.3, 0.4) is 0 Å². The van der Waals surface area contributed by atoms with Gasteiger partial charge >= 0.3 is 3.93 Å². The van der Waals surface area contributed by atoms with Crippen LogP contribution < -0.4 is 0 Å². The van der Waals surface area contributed by atoms with Gasteiger partial charge in [-0.15, -0.1) is 0 Å². The number of rotatable bonds is 2. The summed E-state index contributed by atoms with van der Waals surface area (Å²) < 4.78 is 36.9. The van der Waals surface area contributed by atoms with Crippen molar-refractivity contribution < 1.29 is 18.3 Å². The third-order valence-electron chi connectivity index (χ3n) is 2.77. The van der Waals surface area contributed by atoms with Crippen LogP contribution in [-0.2, 0) is 13.4 Å². The van der Waals surface area contributed by atoms with E-state index in [1.165, 1.54) is 10.6 Å². The van der Waals surface area contributed by atoms with Crippen LogP contribution in [0.1, 0.15) is 17.5 Å². The fourth-order valence-corrected chi connectivity index (χ4v) is 2.75. The lowest BCUT2D eigenvalue weighted by molar-refractivity contribution is -0.0432. The zero-order chi connectivity index (χ0) is 13.6. The van der Waals surface area contributed by atoms with Crippen LogP contribution in [0.5, 0.6) is 0 Å². The summed E-state index contributed by atoms with van der Waals surface area (Å²) in [6.07, 6.45) is -0.508. The number of nitrogens with zero attached hydrogens (tertiary/aromatic N) is 2. The number of pyridine rings is 1. The first-order valence-corrected chi connectivity index (χ1v) is 7.61. The van der Waals surface area contributed by atoms with Crippen molar-refractivity contribution in [1.82, 2.24) is 9.61 Å². The van der Waals surface area contributed by atoms with Crippen LogP contribution in [0.15, 0.2) is 18.2 Å². The summed E-state index contributed by atoms with van der Waals surface area (Å²) >= 11 is 3.13. The average molecular weight is 492 g/mol. The molecule has 1 saturated heterocycles. The highest BCUT2D eigenvalue weighted by molar-refractivity contribution is 14.1. The van der Waals surface area contributed by atoms with Gasteiger partial charge in [0.25, 0.3) is 0 Å². The molecular formula is C11H8F2I2N2O2. The van der Waals surface area contributed by atoms with Gasteiger partial charge in [0, 0.05) is 28.2 Å². The molecule has 0 radical (unpaired) electrons. The number of halogens is 4. The summed E-state index contributed by atoms with van der Waals surface area (Å²) in [6.45, 7) is 1.01. The molecule has 2 aromatic rings. The van der Waals surface area contributed by atoms with Gasteiger partial charge in [0.1, 0.15) is 9.39 Å². The molecule has 1 aliphatic rings. The maximum atomic E-state index is 13.4. The Morgan fingerprint density at radius 3 is 2.63 bits per heavy atom. The lowest BCUT2D eigenvalue weighted by atomic mass is 10.2. The average Bonchev–Trinajstić information content (AvgIpc) is 2.97. The number of ether oxygens (including phenoxy) is 2. The van der Waals surface area contributed by atoms with Crippen molar-refractivity contribution in [3.63, 3.8) is 0 Å². The second kappa shape index (κ2) is 5.04. The van der Waals surface area contributed by atoms with Crippen LogP contribution in [0.25, 0.3) is 5.52 Å². The molecule has 0 amide bonds. The Hall–Kier alpha value is -0.0700. The van der Waals surface area contributed by atoms with E-state index < -0.39 is 10.2 Å². The molecule has 0 bridgehead atoms. The lowest BCUT2D eigenvalue weighted by Gasteiger charge is -2.11. The SMILES string of the molecule is FC(F)(I)c1cc2c(C3OCCO3)ccc(I)n2n1. The molecule has 0 saturated carbocycles. The van der Waals surface area contributed by atoms with Gasteiger partial charge in [0.2, 0.25) is 0 Å². The highest BCUT2D eigenvalue weighted by atomic mass is 127. The quantitative estimate of drug-likeness (QED) is 0.367. The Labute approximate surface area is 134 Å². The minimum atomic E-state index is -3.00. The third kappa shape index (κ3) is 2.59. The fourth-order valence-electron chi connectivity index (χ4n) is 1.94. The Bertz CT molecular complexity index is 621. The molecule has 0 unspecified atom stereocenters. The molecule has 3 rings (SSSR count). The molecule has 1 aliphatic heterocycles. The second-order valence-electron chi connectivity index (χ2n) is 4.01. The van der Waals surface area contributed by atoms with E-state index in [-0.39, 0.29) is 5.69 Å². The summed E-state index contributed by atoms with van der Waals surface area (Å²) in [6, 6.07) is 5.01. The molecule has 3 heterocycles. The van der Waals surface area contributed by atoms with Gasteiger partial charge in [0.05, 0.1) is 18.7 Å². The number of alkyl halides is 3. The first-order valence-electron chi connectivity index (χ1n) is 5.45. The highest BCUT2D eigenvalue weighted by Gasteiger charge is 2.32. The topological polar surface area (TPSA) is 35.8 Å². The number of hydrogen-bond donors (Lipinski definition) is 0. The van der Waals surface area contributed by atoms with Gasteiger partial charge in [-0.3, -0.25) is 0 Å². The number of fused-ring (bicyclic) bond motifs is 1. The molecule has 0 aromatic carbocycles. The second-order valence-corrected chi connectivity index (χ2v) is 6.47. The van der Waals surface area contributed by atoms with E-state index >= 15 is 0 Å². The predicted molar refractivity (Wildman–Crippen MR) is 80.5 cm³/mol. The van der Waals surface area contributed by atoms with Crippen molar-refractivity contribution in [1.29, 1.82) is 0 Å². The summed E-state index contributed by atoms with van der Waals surface area (Å²) in [4.78, 5) is 0. The first-order chi connectivity index (χ1) is 8.97. The normalized spacial score (nSPS) is 17.5. The summed E-state index contributed by atoms with van der Waals surface area (Å²) in [5.74, 6) is 0. The van der Waals surface area contributed by atoms with Crippen LogP contribution in [0, 0.1) is 3.70 Å². The molecule has 1 fully saturated rings. The lowest BCUT2D eigenvalue weighted by Crippen LogP contribution is -2.05. The summed E-state index contributed by atoms with van der Waals surface area (Å²) in [7, 11) is 0. The van der Waals surface area contributed by atoms with E-state index in [4.69, 9.17) is 9.47 Å².